The second-order valence-corrected chi connectivity index (χ2v) is 6.22. The van der Waals surface area contributed by atoms with Crippen LogP contribution in [-0.4, -0.2) is 0 Å². The van der Waals surface area contributed by atoms with E-state index in [2.05, 4.69) is 38.1 Å². The van der Waals surface area contributed by atoms with Crippen molar-refractivity contribution < 1.29 is 0 Å². The van der Waals surface area contributed by atoms with Crippen molar-refractivity contribution in [3.05, 3.63) is 69.2 Å². The van der Waals surface area contributed by atoms with Gasteiger partial charge >= 0.3 is 0 Å². The molecular formula is C17H17Cl3. The molecule has 0 nitrogen and oxygen atoms in total. The maximum atomic E-state index is 6.54. The molecule has 3 heteroatoms. The summed E-state index contributed by atoms with van der Waals surface area (Å²) in [4.78, 5) is 0. The highest BCUT2D eigenvalue weighted by molar-refractivity contribution is 6.38. The summed E-state index contributed by atoms with van der Waals surface area (Å²) in [7, 11) is 0. The highest BCUT2D eigenvalue weighted by Gasteiger charge is 2.17. The largest absolute Gasteiger partial charge is 0.112 e. The van der Waals surface area contributed by atoms with Crippen LogP contribution in [0, 0.1) is 0 Å². The fraction of sp³-hybridized carbons (Fsp3) is 0.294. The Bertz CT molecular complexity index is 555. The van der Waals surface area contributed by atoms with E-state index in [1.54, 1.807) is 0 Å². The zero-order valence-corrected chi connectivity index (χ0v) is 13.8. The molecular weight excluding hydrogens is 311 g/mol. The molecule has 0 N–H and O–H groups in total. The molecule has 0 radical (unpaired) electrons. The van der Waals surface area contributed by atoms with E-state index in [0.717, 1.165) is 17.5 Å². The smallest absolute Gasteiger partial charge is 0.0864 e. The molecule has 2 unspecified atom stereocenters. The van der Waals surface area contributed by atoms with E-state index in [0.29, 0.717) is 16.0 Å². The van der Waals surface area contributed by atoms with Gasteiger partial charge in [-0.1, -0.05) is 67.4 Å². The summed E-state index contributed by atoms with van der Waals surface area (Å²) >= 11 is 19.0. The molecule has 2 rings (SSSR count). The summed E-state index contributed by atoms with van der Waals surface area (Å²) in [6.07, 6.45) is 1.12. The first kappa shape index (κ1) is 15.7. The van der Waals surface area contributed by atoms with E-state index in [1.807, 2.05) is 18.2 Å². The molecule has 0 spiro atoms. The molecule has 0 bridgehead atoms. The topological polar surface area (TPSA) is 0 Å². The van der Waals surface area contributed by atoms with Gasteiger partial charge in [-0.25, -0.2) is 0 Å². The predicted molar refractivity (Wildman–Crippen MR) is 89.3 cm³/mol. The lowest BCUT2D eigenvalue weighted by molar-refractivity contribution is 0.733. The van der Waals surface area contributed by atoms with Gasteiger partial charge in [-0.05, 0) is 35.6 Å². The molecule has 106 valence electrons. The molecule has 0 saturated carbocycles. The van der Waals surface area contributed by atoms with Crippen LogP contribution in [0.15, 0.2) is 42.5 Å². The Morgan fingerprint density at radius 2 is 1.40 bits per heavy atom. The van der Waals surface area contributed by atoms with E-state index in [-0.39, 0.29) is 5.38 Å². The van der Waals surface area contributed by atoms with E-state index >= 15 is 0 Å². The van der Waals surface area contributed by atoms with Crippen molar-refractivity contribution in [3.63, 3.8) is 0 Å². The lowest BCUT2D eigenvalue weighted by Gasteiger charge is -2.15. The first-order chi connectivity index (χ1) is 9.54. The van der Waals surface area contributed by atoms with Crippen LogP contribution < -0.4 is 0 Å². The molecule has 0 aromatic heterocycles. The van der Waals surface area contributed by atoms with Crippen LogP contribution in [0.3, 0.4) is 0 Å². The molecule has 0 aliphatic heterocycles. The number of benzene rings is 2. The van der Waals surface area contributed by atoms with Crippen molar-refractivity contribution in [1.29, 1.82) is 0 Å². The van der Waals surface area contributed by atoms with Crippen LogP contribution in [0.25, 0.3) is 0 Å². The molecule has 2 aromatic rings. The van der Waals surface area contributed by atoms with Crippen LogP contribution in [0.1, 0.15) is 48.3 Å². The second-order valence-electron chi connectivity index (χ2n) is 4.97. The van der Waals surface area contributed by atoms with Gasteiger partial charge in [0.05, 0.1) is 5.38 Å². The maximum absolute atomic E-state index is 6.54. The van der Waals surface area contributed by atoms with E-state index in [9.17, 15) is 0 Å². The van der Waals surface area contributed by atoms with Crippen molar-refractivity contribution in [2.24, 2.45) is 0 Å². The van der Waals surface area contributed by atoms with Crippen molar-refractivity contribution in [3.8, 4) is 0 Å². The maximum Gasteiger partial charge on any atom is 0.0864 e. The van der Waals surface area contributed by atoms with Crippen LogP contribution in [0.4, 0.5) is 0 Å². The number of hydrogen-bond donors (Lipinski definition) is 0. The van der Waals surface area contributed by atoms with E-state index < -0.39 is 0 Å². The second kappa shape index (κ2) is 6.85. The Labute approximate surface area is 135 Å². The highest BCUT2D eigenvalue weighted by atomic mass is 35.5. The average Bonchev–Trinajstić information content (AvgIpc) is 2.46. The monoisotopic (exact) mass is 326 g/mol. The minimum atomic E-state index is -0.331. The Hall–Kier alpha value is -0.690. The van der Waals surface area contributed by atoms with Gasteiger partial charge in [0.25, 0.3) is 0 Å². The quantitative estimate of drug-likeness (QED) is 0.539. The van der Waals surface area contributed by atoms with Crippen LogP contribution in [-0.2, 0) is 0 Å². The zero-order chi connectivity index (χ0) is 14.7. The highest BCUT2D eigenvalue weighted by Crippen LogP contribution is 2.38. The van der Waals surface area contributed by atoms with Gasteiger partial charge in [-0.2, -0.15) is 0 Å². The Kier molecular flexibility index (Phi) is 5.37. The average molecular weight is 328 g/mol. The molecule has 20 heavy (non-hydrogen) atoms. The first-order valence-electron chi connectivity index (χ1n) is 6.72. The summed E-state index contributed by atoms with van der Waals surface area (Å²) in [6.45, 7) is 4.41. The third-order valence-electron chi connectivity index (χ3n) is 3.66. The van der Waals surface area contributed by atoms with Crippen LogP contribution in [0.5, 0.6) is 0 Å². The van der Waals surface area contributed by atoms with Crippen molar-refractivity contribution >= 4 is 34.8 Å². The molecule has 0 aliphatic carbocycles. The van der Waals surface area contributed by atoms with Crippen LogP contribution >= 0.6 is 34.8 Å². The van der Waals surface area contributed by atoms with Gasteiger partial charge in [0.1, 0.15) is 0 Å². The summed E-state index contributed by atoms with van der Waals surface area (Å²) in [6, 6.07) is 13.8. The first-order valence-corrected chi connectivity index (χ1v) is 7.91. The number of hydrogen-bond acceptors (Lipinski definition) is 0. The van der Waals surface area contributed by atoms with Gasteiger partial charge < -0.3 is 0 Å². The summed E-state index contributed by atoms with van der Waals surface area (Å²) in [5.74, 6) is 0.557. The van der Waals surface area contributed by atoms with Crippen molar-refractivity contribution in [2.75, 3.05) is 0 Å². The summed E-state index contributed by atoms with van der Waals surface area (Å²) in [5, 5.41) is 0.870. The Morgan fingerprint density at radius 1 is 0.900 bits per heavy atom. The van der Waals surface area contributed by atoms with Gasteiger partial charge in [-0.3, -0.25) is 0 Å². The predicted octanol–water partition coefficient (Wildman–Crippen LogP) is 6.84. The molecule has 0 saturated heterocycles. The normalized spacial score (nSPS) is 14.1. The zero-order valence-electron chi connectivity index (χ0n) is 11.5. The third-order valence-corrected chi connectivity index (χ3v) is 4.79. The van der Waals surface area contributed by atoms with Gasteiger partial charge in [0.15, 0.2) is 0 Å². The Morgan fingerprint density at radius 3 is 1.90 bits per heavy atom. The lowest BCUT2D eigenvalue weighted by atomic mass is 9.96. The molecule has 0 amide bonds. The van der Waals surface area contributed by atoms with Gasteiger partial charge in [-0.15, -0.1) is 11.6 Å². The molecule has 2 aromatic carbocycles. The van der Waals surface area contributed by atoms with E-state index in [4.69, 9.17) is 34.8 Å². The van der Waals surface area contributed by atoms with Crippen LogP contribution in [0.2, 0.25) is 10.0 Å². The molecule has 2 atom stereocenters. The van der Waals surface area contributed by atoms with Crippen molar-refractivity contribution in [1.82, 2.24) is 0 Å². The fourth-order valence-corrected chi connectivity index (χ4v) is 3.26. The molecule has 0 fully saturated rings. The van der Waals surface area contributed by atoms with Crippen molar-refractivity contribution in [2.45, 2.75) is 31.6 Å². The van der Waals surface area contributed by atoms with Gasteiger partial charge in [0, 0.05) is 15.6 Å². The molecule has 0 aliphatic rings. The SMILES string of the molecule is CCC(C)c1ccc(C(Cl)c2c(Cl)cccc2Cl)cc1. The molecule has 0 heterocycles. The number of rotatable bonds is 4. The minimum absolute atomic E-state index is 0.331. The number of alkyl halides is 1. The minimum Gasteiger partial charge on any atom is -0.112 e. The standard InChI is InChI=1S/C17H17Cl3/c1-3-11(2)12-7-9-13(10-8-12)17(20)16-14(18)5-4-6-15(16)19/h4-11,17H,3H2,1-2H3. The summed E-state index contributed by atoms with van der Waals surface area (Å²) < 4.78 is 0. The third kappa shape index (κ3) is 3.31. The summed E-state index contributed by atoms with van der Waals surface area (Å²) in [5.41, 5.74) is 3.10. The van der Waals surface area contributed by atoms with E-state index in [1.165, 1.54) is 5.56 Å². The fourth-order valence-electron chi connectivity index (χ4n) is 2.15. The Balaban J connectivity index is 2.32. The lowest BCUT2D eigenvalue weighted by Crippen LogP contribution is -1.97. The van der Waals surface area contributed by atoms with Gasteiger partial charge in [0.2, 0.25) is 0 Å². The number of halogens is 3.